The van der Waals surface area contributed by atoms with E-state index >= 15 is 0 Å². The molecule has 0 radical (unpaired) electrons. The van der Waals surface area contributed by atoms with Gasteiger partial charge in [-0.1, -0.05) is 6.92 Å². The van der Waals surface area contributed by atoms with E-state index in [-0.39, 0.29) is 12.6 Å². The molecule has 1 saturated carbocycles. The van der Waals surface area contributed by atoms with Crippen LogP contribution in [0.3, 0.4) is 0 Å². The molecule has 2 rings (SSSR count). The molecule has 1 saturated heterocycles. The van der Waals surface area contributed by atoms with Crippen LogP contribution in [0.4, 0.5) is 0 Å². The number of morpholine rings is 1. The summed E-state index contributed by atoms with van der Waals surface area (Å²) < 4.78 is 5.66. The molecule has 0 bridgehead atoms. The average molecular weight is 242 g/mol. The molecule has 0 amide bonds. The van der Waals surface area contributed by atoms with E-state index in [0.717, 1.165) is 39.1 Å². The fraction of sp³-hybridized carbons (Fsp3) is 1.00. The molecule has 1 aliphatic carbocycles. The topological polar surface area (TPSA) is 44.7 Å². The summed E-state index contributed by atoms with van der Waals surface area (Å²) in [5.41, 5.74) is 0. The summed E-state index contributed by atoms with van der Waals surface area (Å²) in [4.78, 5) is 2.47. The maximum atomic E-state index is 9.32. The van der Waals surface area contributed by atoms with Crippen LogP contribution in [0.1, 0.15) is 32.6 Å². The number of hydrogen-bond acceptors (Lipinski definition) is 4. The fourth-order valence-electron chi connectivity index (χ4n) is 2.38. The monoisotopic (exact) mass is 242 g/mol. The summed E-state index contributed by atoms with van der Waals surface area (Å²) in [7, 11) is 0. The molecular weight excluding hydrogens is 216 g/mol. The molecule has 0 aromatic rings. The first kappa shape index (κ1) is 13.3. The van der Waals surface area contributed by atoms with Crippen LogP contribution in [0.2, 0.25) is 0 Å². The first-order chi connectivity index (χ1) is 8.31. The van der Waals surface area contributed by atoms with Gasteiger partial charge in [-0.2, -0.15) is 0 Å². The second-order valence-electron chi connectivity index (χ2n) is 5.31. The summed E-state index contributed by atoms with van der Waals surface area (Å²) in [5.74, 6) is 0. The zero-order valence-corrected chi connectivity index (χ0v) is 10.9. The third kappa shape index (κ3) is 4.54. The van der Waals surface area contributed by atoms with Gasteiger partial charge in [0, 0.05) is 25.2 Å². The Labute approximate surface area is 104 Å². The summed E-state index contributed by atoms with van der Waals surface area (Å²) in [6, 6.07) is 0.964. The molecule has 1 heterocycles. The van der Waals surface area contributed by atoms with Crippen molar-refractivity contribution < 1.29 is 9.84 Å². The van der Waals surface area contributed by atoms with Gasteiger partial charge in [-0.25, -0.2) is 0 Å². The molecule has 4 heteroatoms. The molecule has 17 heavy (non-hydrogen) atoms. The van der Waals surface area contributed by atoms with Crippen molar-refractivity contribution >= 4 is 0 Å². The van der Waals surface area contributed by atoms with Gasteiger partial charge in [0.25, 0.3) is 0 Å². The predicted molar refractivity (Wildman–Crippen MR) is 68.1 cm³/mol. The van der Waals surface area contributed by atoms with E-state index in [1.807, 2.05) is 0 Å². The van der Waals surface area contributed by atoms with Crippen molar-refractivity contribution in [1.82, 2.24) is 10.2 Å². The number of ether oxygens (including phenoxy) is 1. The number of aliphatic hydroxyl groups excluding tert-OH is 1. The molecule has 4 nitrogen and oxygen atoms in total. The summed E-state index contributed by atoms with van der Waals surface area (Å²) in [6.45, 7) is 6.47. The standard InChI is InChI=1S/C13H26N2O2/c1-2-13-9-15(7-8-17-13)6-5-12(10-16)14-11-3-4-11/h11-14,16H,2-10H2,1H3. The zero-order valence-electron chi connectivity index (χ0n) is 10.9. The zero-order chi connectivity index (χ0) is 12.1. The number of nitrogens with one attached hydrogen (secondary N) is 1. The second-order valence-corrected chi connectivity index (χ2v) is 5.31. The van der Waals surface area contributed by atoms with Crippen LogP contribution in [0.25, 0.3) is 0 Å². The van der Waals surface area contributed by atoms with Gasteiger partial charge >= 0.3 is 0 Å². The van der Waals surface area contributed by atoms with E-state index in [1.54, 1.807) is 0 Å². The summed E-state index contributed by atoms with van der Waals surface area (Å²) in [5, 5.41) is 12.8. The van der Waals surface area contributed by atoms with Crippen LogP contribution in [0.5, 0.6) is 0 Å². The van der Waals surface area contributed by atoms with Crippen molar-refractivity contribution in [2.45, 2.75) is 50.8 Å². The number of aliphatic hydroxyl groups is 1. The first-order valence-electron chi connectivity index (χ1n) is 7.02. The maximum absolute atomic E-state index is 9.32. The lowest BCUT2D eigenvalue weighted by Gasteiger charge is -2.33. The van der Waals surface area contributed by atoms with Gasteiger partial charge in [0.15, 0.2) is 0 Å². The Morgan fingerprint density at radius 3 is 2.94 bits per heavy atom. The minimum atomic E-state index is 0.262. The Kier molecular flexibility index (Phi) is 5.22. The molecular formula is C13H26N2O2. The van der Waals surface area contributed by atoms with Crippen LogP contribution in [-0.4, -0.2) is 61.0 Å². The van der Waals surface area contributed by atoms with Crippen molar-refractivity contribution in [2.75, 3.05) is 32.8 Å². The summed E-state index contributed by atoms with van der Waals surface area (Å²) in [6.07, 6.45) is 5.12. The molecule has 2 atom stereocenters. The minimum Gasteiger partial charge on any atom is -0.395 e. The Morgan fingerprint density at radius 2 is 2.29 bits per heavy atom. The molecule has 100 valence electrons. The molecule has 0 spiro atoms. The smallest absolute Gasteiger partial charge is 0.0700 e. The van der Waals surface area contributed by atoms with Gasteiger partial charge in [-0.3, -0.25) is 4.90 Å². The number of rotatable bonds is 7. The Hall–Kier alpha value is -0.160. The highest BCUT2D eigenvalue weighted by Gasteiger charge is 2.25. The maximum Gasteiger partial charge on any atom is 0.0700 e. The minimum absolute atomic E-state index is 0.262. The van der Waals surface area contributed by atoms with Crippen molar-refractivity contribution in [3.8, 4) is 0 Å². The van der Waals surface area contributed by atoms with Crippen LogP contribution >= 0.6 is 0 Å². The largest absolute Gasteiger partial charge is 0.395 e. The van der Waals surface area contributed by atoms with Crippen molar-refractivity contribution in [1.29, 1.82) is 0 Å². The molecule has 2 fully saturated rings. The highest BCUT2D eigenvalue weighted by Crippen LogP contribution is 2.20. The molecule has 1 aliphatic heterocycles. The first-order valence-corrected chi connectivity index (χ1v) is 7.02. The van der Waals surface area contributed by atoms with Crippen molar-refractivity contribution in [3.63, 3.8) is 0 Å². The Bertz CT molecular complexity index is 221. The van der Waals surface area contributed by atoms with Gasteiger partial charge in [-0.15, -0.1) is 0 Å². The average Bonchev–Trinajstić information content (AvgIpc) is 3.18. The normalized spacial score (nSPS) is 28.2. The molecule has 2 unspecified atom stereocenters. The predicted octanol–water partition coefficient (Wildman–Crippen LogP) is 0.600. The highest BCUT2D eigenvalue weighted by molar-refractivity contribution is 4.85. The Morgan fingerprint density at radius 1 is 1.47 bits per heavy atom. The third-order valence-corrected chi connectivity index (χ3v) is 3.74. The molecule has 0 aromatic heterocycles. The lowest BCUT2D eigenvalue weighted by Crippen LogP contribution is -2.45. The number of nitrogens with zero attached hydrogens (tertiary/aromatic N) is 1. The SMILES string of the molecule is CCC1CN(CCC(CO)NC2CC2)CCO1. The lowest BCUT2D eigenvalue weighted by atomic mass is 10.1. The lowest BCUT2D eigenvalue weighted by molar-refractivity contribution is -0.0309. The van der Waals surface area contributed by atoms with E-state index in [9.17, 15) is 5.11 Å². The van der Waals surface area contributed by atoms with E-state index < -0.39 is 0 Å². The van der Waals surface area contributed by atoms with Crippen LogP contribution in [-0.2, 0) is 4.74 Å². The van der Waals surface area contributed by atoms with Crippen molar-refractivity contribution in [2.24, 2.45) is 0 Å². The van der Waals surface area contributed by atoms with Crippen molar-refractivity contribution in [3.05, 3.63) is 0 Å². The summed E-state index contributed by atoms with van der Waals surface area (Å²) >= 11 is 0. The van der Waals surface area contributed by atoms with Gasteiger partial charge < -0.3 is 15.2 Å². The van der Waals surface area contributed by atoms with Gasteiger partial charge in [0.2, 0.25) is 0 Å². The van der Waals surface area contributed by atoms with Crippen LogP contribution < -0.4 is 5.32 Å². The number of hydrogen-bond donors (Lipinski definition) is 2. The van der Waals surface area contributed by atoms with E-state index in [4.69, 9.17) is 4.74 Å². The third-order valence-electron chi connectivity index (χ3n) is 3.74. The van der Waals surface area contributed by atoms with Crippen LogP contribution in [0.15, 0.2) is 0 Å². The Balaban J connectivity index is 1.64. The fourth-order valence-corrected chi connectivity index (χ4v) is 2.38. The second kappa shape index (κ2) is 6.69. The van der Waals surface area contributed by atoms with E-state index in [1.165, 1.54) is 12.8 Å². The quantitative estimate of drug-likeness (QED) is 0.686. The highest BCUT2D eigenvalue weighted by atomic mass is 16.5. The van der Waals surface area contributed by atoms with E-state index in [2.05, 4.69) is 17.1 Å². The molecule has 2 N–H and O–H groups in total. The van der Waals surface area contributed by atoms with Gasteiger partial charge in [0.1, 0.15) is 0 Å². The molecule has 0 aromatic carbocycles. The molecule has 2 aliphatic rings. The van der Waals surface area contributed by atoms with Crippen LogP contribution in [0, 0.1) is 0 Å². The van der Waals surface area contributed by atoms with Gasteiger partial charge in [-0.05, 0) is 32.2 Å². The van der Waals surface area contributed by atoms with E-state index in [0.29, 0.717) is 12.1 Å². The van der Waals surface area contributed by atoms with Gasteiger partial charge in [0.05, 0.1) is 19.3 Å².